The lowest BCUT2D eigenvalue weighted by atomic mass is 9.79. The highest BCUT2D eigenvalue weighted by atomic mass is 16.7. The number of carbonyl (C=O) groups excluding carboxylic acids is 2. The first-order valence-electron chi connectivity index (χ1n) is 13.9. The maximum atomic E-state index is 12.9. The number of hydrogen-bond acceptors (Lipinski definition) is 7. The van der Waals surface area contributed by atoms with Crippen LogP contribution in [0.2, 0.25) is 0 Å². The fourth-order valence-electron chi connectivity index (χ4n) is 5.88. The van der Waals surface area contributed by atoms with Crippen LogP contribution in [-0.2, 0) is 24.6 Å². The van der Waals surface area contributed by atoms with Crippen molar-refractivity contribution in [2.24, 2.45) is 11.1 Å². The number of fused-ring (bicyclic) bond motifs is 3. The molecule has 8 nitrogen and oxygen atoms in total. The summed E-state index contributed by atoms with van der Waals surface area (Å²) in [5.41, 5.74) is 4.06. The first kappa shape index (κ1) is 28.5. The second-order valence-corrected chi connectivity index (χ2v) is 11.6. The Morgan fingerprint density at radius 1 is 1.00 bits per heavy atom. The number of benzene rings is 2. The third-order valence-electron chi connectivity index (χ3n) is 8.28. The van der Waals surface area contributed by atoms with E-state index in [1.54, 1.807) is 19.1 Å². The van der Waals surface area contributed by atoms with E-state index in [4.69, 9.17) is 9.57 Å². The van der Waals surface area contributed by atoms with Crippen molar-refractivity contribution in [3.63, 3.8) is 0 Å². The molecule has 4 rings (SSSR count). The maximum Gasteiger partial charge on any atom is 0.334 e. The standard InChI is InChI=1S/C31H38N2O6/c1-6-28(34)39-32-27(16-17-29(35)38-31(4,5)21-10-8-7-9-11-21)20-12-14-23-24-15-13-22(33(36)37)19-26(24)30(2,3)25(23)18-20/h12-15,18-19,21H,6-11,16-17H2,1-5H3/b32-27-. The molecule has 0 spiro atoms. The van der Waals surface area contributed by atoms with E-state index in [0.29, 0.717) is 11.6 Å². The Hall–Kier alpha value is -3.55. The van der Waals surface area contributed by atoms with Gasteiger partial charge in [-0.2, -0.15) is 0 Å². The third kappa shape index (κ3) is 6.05. The van der Waals surface area contributed by atoms with Crippen molar-refractivity contribution >= 4 is 23.3 Å². The molecule has 2 aliphatic rings. The van der Waals surface area contributed by atoms with Gasteiger partial charge in [-0.05, 0) is 72.6 Å². The molecule has 39 heavy (non-hydrogen) atoms. The van der Waals surface area contributed by atoms with Crippen molar-refractivity contribution in [2.45, 2.75) is 97.0 Å². The van der Waals surface area contributed by atoms with E-state index in [2.05, 4.69) is 5.16 Å². The SMILES string of the molecule is CCC(=O)O/N=C(/CCC(=O)OC(C)(C)C1CCCCC1)c1ccc2c(c1)C(C)(C)c1cc([N+](=O)[O-])ccc1-2. The van der Waals surface area contributed by atoms with E-state index in [-0.39, 0.29) is 35.8 Å². The molecule has 8 heteroatoms. The lowest BCUT2D eigenvalue weighted by Gasteiger charge is -2.36. The highest BCUT2D eigenvalue weighted by Crippen LogP contribution is 2.50. The zero-order valence-corrected chi connectivity index (χ0v) is 23.5. The first-order chi connectivity index (χ1) is 18.4. The minimum Gasteiger partial charge on any atom is -0.459 e. The molecule has 0 radical (unpaired) electrons. The van der Waals surface area contributed by atoms with Gasteiger partial charge in [0.05, 0.1) is 17.1 Å². The van der Waals surface area contributed by atoms with E-state index >= 15 is 0 Å². The summed E-state index contributed by atoms with van der Waals surface area (Å²) in [6, 6.07) is 10.8. The van der Waals surface area contributed by atoms with Crippen molar-refractivity contribution in [3.8, 4) is 11.1 Å². The minimum atomic E-state index is -0.532. The lowest BCUT2D eigenvalue weighted by Crippen LogP contribution is -2.38. The van der Waals surface area contributed by atoms with Crippen molar-refractivity contribution in [3.05, 3.63) is 63.2 Å². The van der Waals surface area contributed by atoms with Gasteiger partial charge in [0.15, 0.2) is 0 Å². The minimum absolute atomic E-state index is 0.0539. The van der Waals surface area contributed by atoms with E-state index in [9.17, 15) is 19.7 Å². The predicted molar refractivity (Wildman–Crippen MR) is 150 cm³/mol. The second-order valence-electron chi connectivity index (χ2n) is 11.6. The highest BCUT2D eigenvalue weighted by molar-refractivity contribution is 6.03. The Kier molecular flexibility index (Phi) is 8.23. The van der Waals surface area contributed by atoms with Crippen molar-refractivity contribution in [1.82, 2.24) is 0 Å². The number of nitro groups is 1. The molecule has 208 valence electrons. The average molecular weight is 535 g/mol. The highest BCUT2D eigenvalue weighted by Gasteiger charge is 2.37. The first-order valence-corrected chi connectivity index (χ1v) is 13.9. The van der Waals surface area contributed by atoms with Crippen LogP contribution < -0.4 is 0 Å². The Morgan fingerprint density at radius 3 is 2.28 bits per heavy atom. The normalized spacial score (nSPS) is 16.8. The van der Waals surface area contributed by atoms with Gasteiger partial charge in [0.2, 0.25) is 0 Å². The third-order valence-corrected chi connectivity index (χ3v) is 8.28. The molecule has 0 aromatic heterocycles. The Labute approximate surface area is 229 Å². The van der Waals surface area contributed by atoms with Gasteiger partial charge in [0, 0.05) is 30.4 Å². The summed E-state index contributed by atoms with van der Waals surface area (Å²) < 4.78 is 5.93. The monoisotopic (exact) mass is 534 g/mol. The van der Waals surface area contributed by atoms with Crippen LogP contribution >= 0.6 is 0 Å². The summed E-state index contributed by atoms with van der Waals surface area (Å²) in [7, 11) is 0. The number of oxime groups is 1. The molecule has 0 aliphatic heterocycles. The number of hydrogen-bond donors (Lipinski definition) is 0. The van der Waals surface area contributed by atoms with Gasteiger partial charge in [-0.15, -0.1) is 0 Å². The molecular formula is C31H38N2O6. The zero-order chi connectivity index (χ0) is 28.4. The summed E-state index contributed by atoms with van der Waals surface area (Å²) in [5, 5.41) is 15.5. The summed E-state index contributed by atoms with van der Waals surface area (Å²) in [6.07, 6.45) is 6.22. The molecule has 0 heterocycles. The molecule has 1 fully saturated rings. The molecule has 0 unspecified atom stereocenters. The average Bonchev–Trinajstić information content (AvgIpc) is 3.14. The van der Waals surface area contributed by atoms with Crippen LogP contribution in [0.4, 0.5) is 5.69 Å². The fourth-order valence-corrected chi connectivity index (χ4v) is 5.88. The quantitative estimate of drug-likeness (QED) is 0.110. The van der Waals surface area contributed by atoms with Gasteiger partial charge >= 0.3 is 11.9 Å². The Bertz CT molecular complexity index is 1300. The van der Waals surface area contributed by atoms with Crippen molar-refractivity contribution < 1.29 is 24.1 Å². The van der Waals surface area contributed by atoms with Gasteiger partial charge < -0.3 is 9.57 Å². The summed E-state index contributed by atoms with van der Waals surface area (Å²) >= 11 is 0. The predicted octanol–water partition coefficient (Wildman–Crippen LogP) is 7.24. The Balaban J connectivity index is 1.57. The van der Waals surface area contributed by atoms with E-state index in [1.807, 2.05) is 45.9 Å². The van der Waals surface area contributed by atoms with Crippen LogP contribution in [0.1, 0.15) is 103 Å². The molecule has 0 atom stereocenters. The van der Waals surface area contributed by atoms with Crippen molar-refractivity contribution in [1.29, 1.82) is 0 Å². The van der Waals surface area contributed by atoms with Gasteiger partial charge in [-0.3, -0.25) is 14.9 Å². The molecule has 2 aromatic rings. The summed E-state index contributed by atoms with van der Waals surface area (Å²) in [4.78, 5) is 41.0. The zero-order valence-electron chi connectivity index (χ0n) is 23.5. The van der Waals surface area contributed by atoms with Crippen LogP contribution in [0, 0.1) is 16.0 Å². The number of ether oxygens (including phenoxy) is 1. The molecule has 2 aromatic carbocycles. The molecule has 0 N–H and O–H groups in total. The smallest absolute Gasteiger partial charge is 0.334 e. The van der Waals surface area contributed by atoms with Gasteiger partial charge in [-0.1, -0.05) is 57.3 Å². The summed E-state index contributed by atoms with van der Waals surface area (Å²) in [5.74, 6) is -0.416. The molecule has 1 saturated carbocycles. The molecule has 0 bridgehead atoms. The van der Waals surface area contributed by atoms with Gasteiger partial charge in [0.1, 0.15) is 5.60 Å². The topological polar surface area (TPSA) is 108 Å². The second kappa shape index (κ2) is 11.3. The van der Waals surface area contributed by atoms with Crippen molar-refractivity contribution in [2.75, 3.05) is 0 Å². The maximum absolute atomic E-state index is 12.9. The number of rotatable bonds is 9. The van der Waals surface area contributed by atoms with E-state index < -0.39 is 17.0 Å². The molecule has 0 amide bonds. The number of non-ortho nitro benzene ring substituents is 1. The molecular weight excluding hydrogens is 496 g/mol. The number of nitro benzene ring substituents is 1. The van der Waals surface area contributed by atoms with Crippen LogP contribution in [-0.4, -0.2) is 28.2 Å². The van der Waals surface area contributed by atoms with Crippen LogP contribution in [0.25, 0.3) is 11.1 Å². The van der Waals surface area contributed by atoms with Gasteiger partial charge in [0.25, 0.3) is 5.69 Å². The van der Waals surface area contributed by atoms with Crippen LogP contribution in [0.3, 0.4) is 0 Å². The lowest BCUT2D eigenvalue weighted by molar-refractivity contribution is -0.384. The fraction of sp³-hybridized carbons (Fsp3) is 0.516. The number of carbonyl (C=O) groups is 2. The number of nitrogens with zero attached hydrogens (tertiary/aromatic N) is 2. The van der Waals surface area contributed by atoms with E-state index in [1.165, 1.54) is 12.5 Å². The largest absolute Gasteiger partial charge is 0.459 e. The number of esters is 1. The molecule has 0 saturated heterocycles. The van der Waals surface area contributed by atoms with E-state index in [0.717, 1.165) is 53.5 Å². The van der Waals surface area contributed by atoms with Crippen LogP contribution in [0.5, 0.6) is 0 Å². The molecule has 2 aliphatic carbocycles. The Morgan fingerprint density at radius 2 is 1.64 bits per heavy atom. The van der Waals surface area contributed by atoms with Gasteiger partial charge in [-0.25, -0.2) is 4.79 Å². The summed E-state index contributed by atoms with van der Waals surface area (Å²) in [6.45, 7) is 9.73. The van der Waals surface area contributed by atoms with Crippen LogP contribution in [0.15, 0.2) is 41.6 Å².